The number of fused-ring (bicyclic) bond motifs is 3. The number of methoxy groups -OCH3 is 3. The van der Waals surface area contributed by atoms with E-state index in [1.807, 2.05) is 25.1 Å². The summed E-state index contributed by atoms with van der Waals surface area (Å²) < 4.78 is 39.9. The molecule has 0 bridgehead atoms. The Morgan fingerprint density at radius 3 is 2.18 bits per heavy atom. The topological polar surface area (TPSA) is 147 Å². The summed E-state index contributed by atoms with van der Waals surface area (Å²) in [4.78, 5) is 55.7. The molecule has 1 N–H and O–H groups in total. The molecule has 3 aromatic heterocycles. The number of anilines is 2. The van der Waals surface area contributed by atoms with Gasteiger partial charge in [-0.1, -0.05) is 77.2 Å². The van der Waals surface area contributed by atoms with Crippen LogP contribution in [-0.4, -0.2) is 65.8 Å². The lowest BCUT2D eigenvalue weighted by molar-refractivity contribution is -0.114. The van der Waals surface area contributed by atoms with Crippen molar-refractivity contribution in [3.63, 3.8) is 0 Å². The molecule has 0 saturated heterocycles. The van der Waals surface area contributed by atoms with Crippen molar-refractivity contribution in [3.8, 4) is 67.9 Å². The third-order valence-corrected chi connectivity index (χ3v) is 13.7. The lowest BCUT2D eigenvalue weighted by atomic mass is 10.0. The fraction of sp³-hybridized carbons (Fsp3) is 0.148. The Hall–Kier alpha value is -7.49. The zero-order valence-corrected chi connectivity index (χ0v) is 41.9. The Balaban J connectivity index is 0.949. The van der Waals surface area contributed by atoms with Crippen LogP contribution in [0.25, 0.3) is 66.7 Å². The number of aromatic nitrogens is 4. The SMILES string of the molecule is C=CC(=O)Nc1ccccc1-c1cc2c(cn1)cc(-c1c(Cl)c(OC)cc(OCC=CC(=O)N3CCc4cc(F)c(-c5ncc6cc(-c7c(Cl)c(OC)cc(OC)c7Cl)ccc6n5)cc43)c1Cl)c(=O)n2CC. The molecule has 8 aromatic rings. The minimum absolute atomic E-state index is 0.0433. The van der Waals surface area contributed by atoms with E-state index in [0.29, 0.717) is 95.6 Å². The Bertz CT molecular complexity index is 3610. The number of benzene rings is 5. The van der Waals surface area contributed by atoms with Crippen molar-refractivity contribution in [1.29, 1.82) is 0 Å². The molecule has 5 aromatic carbocycles. The molecule has 0 atom stereocenters. The highest BCUT2D eigenvalue weighted by Gasteiger charge is 2.28. The van der Waals surface area contributed by atoms with Crippen LogP contribution in [0.15, 0.2) is 121 Å². The molecule has 0 unspecified atom stereocenters. The van der Waals surface area contributed by atoms with Gasteiger partial charge in [0.25, 0.3) is 11.5 Å². The van der Waals surface area contributed by atoms with E-state index in [2.05, 4.69) is 26.8 Å². The van der Waals surface area contributed by atoms with Gasteiger partial charge in [-0.05, 0) is 79.1 Å². The zero-order chi connectivity index (χ0) is 51.0. The summed E-state index contributed by atoms with van der Waals surface area (Å²) in [5.74, 6) is -0.0324. The fourth-order valence-electron chi connectivity index (χ4n) is 8.63. The van der Waals surface area contributed by atoms with Crippen molar-refractivity contribution in [3.05, 3.63) is 158 Å². The van der Waals surface area contributed by atoms with E-state index in [1.165, 1.54) is 51.7 Å². The van der Waals surface area contributed by atoms with Crippen LogP contribution in [0.5, 0.6) is 23.0 Å². The molecule has 364 valence electrons. The lowest BCUT2D eigenvalue weighted by Crippen LogP contribution is -2.27. The molecule has 9 rings (SSSR count). The van der Waals surface area contributed by atoms with Crippen LogP contribution in [0.4, 0.5) is 15.8 Å². The van der Waals surface area contributed by atoms with Gasteiger partial charge in [0, 0.05) is 76.8 Å². The number of ether oxygens (including phenoxy) is 4. The van der Waals surface area contributed by atoms with Crippen LogP contribution >= 0.6 is 46.4 Å². The third-order valence-electron chi connectivity index (χ3n) is 12.2. The first kappa shape index (κ1) is 49.5. The van der Waals surface area contributed by atoms with Crippen LogP contribution < -0.4 is 34.7 Å². The van der Waals surface area contributed by atoms with Crippen molar-refractivity contribution in [2.45, 2.75) is 19.9 Å². The first-order chi connectivity index (χ1) is 34.8. The minimum atomic E-state index is -0.531. The Kier molecular flexibility index (Phi) is 14.2. The van der Waals surface area contributed by atoms with E-state index in [-0.39, 0.29) is 74.6 Å². The van der Waals surface area contributed by atoms with Gasteiger partial charge >= 0.3 is 0 Å². The third kappa shape index (κ3) is 9.18. The average Bonchev–Trinajstić information content (AvgIpc) is 3.80. The summed E-state index contributed by atoms with van der Waals surface area (Å²) in [7, 11) is 4.42. The standard InChI is InChI=1S/C54H41Cl4FN6O7/c1-6-45(66)62-37-12-9-8-11-32(37)38-23-40-31(27-60-38)20-34(54(68)64(40)7-2)48-51(57)43(71-5)25-44(52(48)58)72-18-10-13-46(67)65-17-16-28-21-35(59)33(22-39(28)65)53-61-26-30-19-29(14-15-36(30)63-53)47-49(55)41(69-3)24-42(70-4)50(47)56/h6,8-15,19-27H,1,7,16-18H2,2-5H3,(H,62,66). The highest BCUT2D eigenvalue weighted by molar-refractivity contribution is 6.42. The molecule has 0 fully saturated rings. The highest BCUT2D eigenvalue weighted by Crippen LogP contribution is 2.48. The normalized spacial score (nSPS) is 12.1. The highest BCUT2D eigenvalue weighted by atomic mass is 35.5. The second-order valence-electron chi connectivity index (χ2n) is 16.2. The van der Waals surface area contributed by atoms with E-state index >= 15 is 4.39 Å². The van der Waals surface area contributed by atoms with Crippen LogP contribution in [0.3, 0.4) is 0 Å². The van der Waals surface area contributed by atoms with Crippen molar-refractivity contribution in [1.82, 2.24) is 19.5 Å². The van der Waals surface area contributed by atoms with Crippen LogP contribution in [0.2, 0.25) is 20.1 Å². The van der Waals surface area contributed by atoms with Gasteiger partial charge in [-0.3, -0.25) is 19.4 Å². The number of hydrogen-bond donors (Lipinski definition) is 1. The van der Waals surface area contributed by atoms with Gasteiger partial charge in [0.05, 0.1) is 75.0 Å². The Morgan fingerprint density at radius 1 is 0.792 bits per heavy atom. The van der Waals surface area contributed by atoms with Crippen molar-refractivity contribution < 1.29 is 32.9 Å². The number of carbonyl (C=O) groups excluding carboxylic acids is 2. The summed E-state index contributed by atoms with van der Waals surface area (Å²) in [5.41, 5.74) is 5.27. The number of nitrogens with zero attached hydrogens (tertiary/aromatic N) is 5. The molecule has 18 heteroatoms. The number of para-hydroxylation sites is 1. The molecule has 0 aliphatic carbocycles. The van der Waals surface area contributed by atoms with E-state index in [4.69, 9.17) is 65.4 Å². The van der Waals surface area contributed by atoms with Crippen molar-refractivity contribution >= 4 is 91.4 Å². The van der Waals surface area contributed by atoms with Crippen LogP contribution in [-0.2, 0) is 22.6 Å². The number of nitrogens with one attached hydrogen (secondary N) is 1. The number of amides is 2. The molecule has 0 saturated carbocycles. The van der Waals surface area contributed by atoms with Gasteiger partial charge < -0.3 is 33.7 Å². The molecule has 0 radical (unpaired) electrons. The molecule has 72 heavy (non-hydrogen) atoms. The zero-order valence-electron chi connectivity index (χ0n) is 38.9. The molecule has 2 amide bonds. The second-order valence-corrected chi connectivity index (χ2v) is 17.7. The molecular weight excluding hydrogens is 1010 g/mol. The molecule has 1 aliphatic rings. The van der Waals surface area contributed by atoms with Crippen molar-refractivity contribution in [2.24, 2.45) is 0 Å². The van der Waals surface area contributed by atoms with Gasteiger partial charge in [0.2, 0.25) is 5.91 Å². The fourth-order valence-corrected chi connectivity index (χ4v) is 10.0. The van der Waals surface area contributed by atoms with E-state index in [1.54, 1.807) is 70.4 Å². The molecular formula is C54H41Cl4FN6O7. The second kappa shape index (κ2) is 20.7. The predicted octanol–water partition coefficient (Wildman–Crippen LogP) is 12.5. The lowest BCUT2D eigenvalue weighted by Gasteiger charge is -2.18. The van der Waals surface area contributed by atoms with E-state index in [9.17, 15) is 14.4 Å². The summed E-state index contributed by atoms with van der Waals surface area (Å²) in [6.45, 7) is 5.86. The van der Waals surface area contributed by atoms with Gasteiger partial charge in [-0.25, -0.2) is 14.4 Å². The monoisotopic (exact) mass is 1040 g/mol. The summed E-state index contributed by atoms with van der Waals surface area (Å²) in [5, 5.41) is 4.80. The average molecular weight is 1050 g/mol. The Labute approximate surface area is 432 Å². The number of aryl methyl sites for hydroxylation is 1. The Morgan fingerprint density at radius 2 is 1.47 bits per heavy atom. The first-order valence-electron chi connectivity index (χ1n) is 22.2. The number of rotatable bonds is 14. The number of hydrogen-bond acceptors (Lipinski definition) is 10. The van der Waals surface area contributed by atoms with Gasteiger partial charge in [0.1, 0.15) is 35.4 Å². The maximum Gasteiger partial charge on any atom is 0.259 e. The number of halogens is 5. The summed E-state index contributed by atoms with van der Waals surface area (Å²) in [6.07, 6.45) is 7.70. The molecule has 1 aliphatic heterocycles. The molecule has 4 heterocycles. The van der Waals surface area contributed by atoms with Gasteiger partial charge in [0.15, 0.2) is 5.82 Å². The number of carbonyl (C=O) groups is 2. The number of pyridine rings is 2. The molecule has 13 nitrogen and oxygen atoms in total. The minimum Gasteiger partial charge on any atom is -0.495 e. The van der Waals surface area contributed by atoms with Gasteiger partial charge in [-0.2, -0.15) is 0 Å². The smallest absolute Gasteiger partial charge is 0.259 e. The first-order valence-corrected chi connectivity index (χ1v) is 23.7. The van der Waals surface area contributed by atoms with Crippen molar-refractivity contribution in [2.75, 3.05) is 44.7 Å². The summed E-state index contributed by atoms with van der Waals surface area (Å²) >= 11 is 27.3. The van der Waals surface area contributed by atoms with E-state index < -0.39 is 5.82 Å². The predicted molar refractivity (Wildman–Crippen MR) is 282 cm³/mol. The maximum absolute atomic E-state index is 15.8. The maximum atomic E-state index is 15.8. The van der Waals surface area contributed by atoms with Gasteiger partial charge in [-0.15, -0.1) is 0 Å². The van der Waals surface area contributed by atoms with Crippen LogP contribution in [0.1, 0.15) is 12.5 Å². The summed E-state index contributed by atoms with van der Waals surface area (Å²) in [6, 6.07) is 22.1. The molecule has 0 spiro atoms. The van der Waals surface area contributed by atoms with E-state index in [0.717, 1.165) is 0 Å². The largest absolute Gasteiger partial charge is 0.495 e. The quantitative estimate of drug-likeness (QED) is 0.104. The van der Waals surface area contributed by atoms with Crippen LogP contribution in [0, 0.1) is 5.82 Å².